The van der Waals surface area contributed by atoms with Gasteiger partial charge in [-0.2, -0.15) is 11.8 Å². The molecule has 0 spiro atoms. The lowest BCUT2D eigenvalue weighted by Crippen LogP contribution is -2.64. The maximum atomic E-state index is 10.0. The van der Waals surface area contributed by atoms with Gasteiger partial charge in [0, 0.05) is 56.1 Å². The van der Waals surface area contributed by atoms with E-state index >= 15 is 0 Å². The lowest BCUT2D eigenvalue weighted by atomic mass is 9.56. The topological polar surface area (TPSA) is 116 Å². The van der Waals surface area contributed by atoms with Gasteiger partial charge >= 0.3 is 0 Å². The molecule has 0 amide bonds. The molecule has 10 heteroatoms. The van der Waals surface area contributed by atoms with E-state index in [0.29, 0.717) is 19.6 Å². The third-order valence-electron chi connectivity index (χ3n) is 12.4. The Balaban J connectivity index is 1.22. The van der Waals surface area contributed by atoms with Crippen LogP contribution < -0.4 is 9.47 Å². The minimum absolute atomic E-state index is 0.0481. The number of aliphatic hydroxyl groups is 2. The molecule has 9 nitrogen and oxygen atoms in total. The molecule has 6 atom stereocenters. The third-order valence-corrected chi connectivity index (χ3v) is 13.7. The van der Waals surface area contributed by atoms with Crippen molar-refractivity contribution in [1.29, 1.82) is 0 Å². The second-order valence-corrected chi connectivity index (χ2v) is 17.6. The van der Waals surface area contributed by atoms with Crippen molar-refractivity contribution in [2.75, 3.05) is 25.6 Å². The van der Waals surface area contributed by atoms with Crippen LogP contribution in [0.15, 0.2) is 151 Å². The van der Waals surface area contributed by atoms with Crippen LogP contribution in [0.3, 0.4) is 0 Å². The average Bonchev–Trinajstić information content (AvgIpc) is 3.31. The molecule has 2 N–H and O–H groups in total. The predicted molar refractivity (Wildman–Crippen MR) is 246 cm³/mol. The fourth-order valence-electron chi connectivity index (χ4n) is 9.55. The molecule has 6 unspecified atom stereocenters. The molecule has 0 radical (unpaired) electrons. The number of hydrogen-bond donors (Lipinski definition) is 2. The quantitative estimate of drug-likeness (QED) is 0.0423. The van der Waals surface area contributed by atoms with Gasteiger partial charge in [-0.3, -0.25) is 9.97 Å². The zero-order chi connectivity index (χ0) is 42.6. The number of fused-ring (bicyclic) bond motifs is 2. The van der Waals surface area contributed by atoms with E-state index in [2.05, 4.69) is 59.0 Å². The summed E-state index contributed by atoms with van der Waals surface area (Å²) in [5, 5.41) is 24.7. The lowest BCUT2D eigenvalue weighted by Gasteiger charge is -2.58. The molecule has 8 rings (SSSR count). The monoisotopic (exact) mass is 851 g/mol. The molecule has 4 aromatic carbocycles. The molecular weight excluding hydrogens is 795 g/mol. The van der Waals surface area contributed by atoms with Crippen molar-refractivity contribution < 1.29 is 29.3 Å². The van der Waals surface area contributed by atoms with Crippen molar-refractivity contribution in [2.24, 2.45) is 22.9 Å². The zero-order valence-corrected chi connectivity index (χ0v) is 36.1. The Kier molecular flexibility index (Phi) is 14.8. The Bertz CT molecular complexity index is 2260. The summed E-state index contributed by atoms with van der Waals surface area (Å²) in [6, 6.07) is 34.9. The van der Waals surface area contributed by atoms with Crippen LogP contribution in [0.4, 0.5) is 0 Å². The summed E-state index contributed by atoms with van der Waals surface area (Å²) >= 11 is 1.82. The Morgan fingerprint density at radius 3 is 2.34 bits per heavy atom. The molecule has 1 aromatic heterocycles. The van der Waals surface area contributed by atoms with E-state index in [1.807, 2.05) is 84.7 Å². The molecule has 2 heterocycles. The minimum Gasteiger partial charge on any atom is -0.460 e. The first-order valence-electron chi connectivity index (χ1n) is 22.0. The van der Waals surface area contributed by atoms with Crippen LogP contribution in [0.1, 0.15) is 67.7 Å². The molecular formula is C52H57N3O6S. The molecule has 3 aliphatic rings. The summed E-state index contributed by atoms with van der Waals surface area (Å²) in [6.07, 6.45) is 15.8. The molecule has 1 aliphatic heterocycles. The van der Waals surface area contributed by atoms with Crippen molar-refractivity contribution in [3.8, 4) is 28.4 Å². The number of aryl methyl sites for hydroxylation is 1. The second-order valence-electron chi connectivity index (χ2n) is 16.3. The van der Waals surface area contributed by atoms with Crippen molar-refractivity contribution in [3.63, 3.8) is 0 Å². The van der Waals surface area contributed by atoms with Crippen LogP contribution in [-0.4, -0.2) is 62.5 Å². The van der Waals surface area contributed by atoms with E-state index in [1.54, 1.807) is 18.5 Å². The van der Waals surface area contributed by atoms with Gasteiger partial charge in [0.1, 0.15) is 23.9 Å². The van der Waals surface area contributed by atoms with E-state index < -0.39 is 5.79 Å². The largest absolute Gasteiger partial charge is 0.460 e. The molecule has 1 fully saturated rings. The van der Waals surface area contributed by atoms with Gasteiger partial charge in [-0.05, 0) is 95.9 Å². The van der Waals surface area contributed by atoms with Gasteiger partial charge in [-0.25, -0.2) is 0 Å². The van der Waals surface area contributed by atoms with Crippen LogP contribution in [-0.2, 0) is 22.6 Å². The Morgan fingerprint density at radius 1 is 0.855 bits per heavy atom. The number of hydrogen-bond acceptors (Lipinski definition) is 10. The third kappa shape index (κ3) is 10.00. The van der Waals surface area contributed by atoms with Gasteiger partial charge in [0.25, 0.3) is 0 Å². The second kappa shape index (κ2) is 21.2. The van der Waals surface area contributed by atoms with Gasteiger partial charge < -0.3 is 29.3 Å². The first-order valence-corrected chi connectivity index (χ1v) is 23.1. The number of rotatable bonds is 21. The minimum atomic E-state index is -1.07. The summed E-state index contributed by atoms with van der Waals surface area (Å²) in [7, 11) is 0. The van der Waals surface area contributed by atoms with Crippen LogP contribution >= 0.6 is 11.8 Å². The maximum absolute atomic E-state index is 10.0. The number of allylic oxidation sites excluding steroid dienone is 1. The number of unbranched alkanes of at least 4 members (excludes halogenated alkanes) is 2. The van der Waals surface area contributed by atoms with E-state index in [4.69, 9.17) is 24.2 Å². The Hall–Kier alpha value is -5.26. The highest BCUT2D eigenvalue weighted by molar-refractivity contribution is 8.00. The fourth-order valence-corrected chi connectivity index (χ4v) is 10.9. The Morgan fingerprint density at radius 2 is 1.60 bits per heavy atom. The highest BCUT2D eigenvalue weighted by atomic mass is 32.2. The zero-order valence-electron chi connectivity index (χ0n) is 35.3. The summed E-state index contributed by atoms with van der Waals surface area (Å²) < 4.78 is 21.1. The number of benzene rings is 4. The van der Waals surface area contributed by atoms with E-state index in [0.717, 1.165) is 107 Å². The number of nitrogens with zero attached hydrogens (tertiary/aromatic N) is 3. The van der Waals surface area contributed by atoms with Gasteiger partial charge in [0.05, 0.1) is 29.2 Å². The number of aliphatic hydroxyl groups excluding tert-OH is 2. The van der Waals surface area contributed by atoms with Gasteiger partial charge in [-0.15, -0.1) is 6.58 Å². The van der Waals surface area contributed by atoms with Crippen LogP contribution in [0.2, 0.25) is 0 Å². The van der Waals surface area contributed by atoms with Crippen molar-refractivity contribution >= 4 is 17.5 Å². The van der Waals surface area contributed by atoms with E-state index in [9.17, 15) is 10.2 Å². The Labute approximate surface area is 369 Å². The number of thioether (sulfide) groups is 1. The molecule has 2 aliphatic carbocycles. The number of oxime groups is 1. The molecule has 1 saturated carbocycles. The number of ether oxygens (including phenoxy) is 3. The average molecular weight is 852 g/mol. The van der Waals surface area contributed by atoms with Crippen molar-refractivity contribution in [3.05, 3.63) is 163 Å². The van der Waals surface area contributed by atoms with Gasteiger partial charge in [-0.1, -0.05) is 103 Å². The normalized spacial score (nSPS) is 23.1. The molecule has 0 bridgehead atoms. The first kappa shape index (κ1) is 43.4. The van der Waals surface area contributed by atoms with Crippen molar-refractivity contribution in [2.45, 2.75) is 74.9 Å². The molecule has 322 valence electrons. The highest BCUT2D eigenvalue weighted by Gasteiger charge is 2.64. The molecule has 62 heavy (non-hydrogen) atoms. The highest BCUT2D eigenvalue weighted by Crippen LogP contribution is 2.62. The standard InChI is InChI=1S/C52H57N3O6S/c1-2-30-58-52-49(62-31-25-41-35-53-26-27-54-41)34-47(55-59-36-37-13-5-3-6-14-37)45-32-40(17-9-11-28-56)44(18-10-12-29-57)50(51(45)52)46-33-43(23-24-48(46)61-52)60-42-21-19-39(20-22-42)38-15-7-4-8-16-38/h2-8,13-16,19-24,26-27,32-33,35,40,44,49-51,56-57H,1,9-12,17-18,25,28-31,34,36H2. The number of aromatic nitrogens is 2. The SMILES string of the molecule is C=CCOC12Oc3ccc(Oc4ccc(-c5ccccc5)cc4)cc3C3C(CCCCO)C(CCCCO)C=C(C(=NOCc4ccccc4)CC1SCCc1cnccn1)C32. The maximum Gasteiger partial charge on any atom is 0.230 e. The van der Waals surface area contributed by atoms with E-state index in [1.165, 1.54) is 0 Å². The summed E-state index contributed by atoms with van der Waals surface area (Å²) in [6.45, 7) is 5.03. The van der Waals surface area contributed by atoms with Crippen LogP contribution in [0.25, 0.3) is 11.1 Å². The van der Waals surface area contributed by atoms with Crippen LogP contribution in [0, 0.1) is 17.8 Å². The van der Waals surface area contributed by atoms with Gasteiger partial charge in [0.2, 0.25) is 5.79 Å². The van der Waals surface area contributed by atoms with Gasteiger partial charge in [0.15, 0.2) is 0 Å². The summed E-state index contributed by atoms with van der Waals surface area (Å²) in [5.41, 5.74) is 7.33. The van der Waals surface area contributed by atoms with E-state index in [-0.39, 0.29) is 42.1 Å². The predicted octanol–water partition coefficient (Wildman–Crippen LogP) is 10.7. The van der Waals surface area contributed by atoms with Crippen molar-refractivity contribution in [1.82, 2.24) is 9.97 Å². The lowest BCUT2D eigenvalue weighted by molar-refractivity contribution is -0.223. The summed E-state index contributed by atoms with van der Waals surface area (Å²) in [5.74, 6) is 2.03. The molecule has 5 aromatic rings. The smallest absolute Gasteiger partial charge is 0.230 e. The first-order chi connectivity index (χ1) is 30.6. The molecule has 0 saturated heterocycles. The summed E-state index contributed by atoms with van der Waals surface area (Å²) in [4.78, 5) is 15.1. The van der Waals surface area contributed by atoms with Crippen LogP contribution in [0.5, 0.6) is 17.2 Å². The fraction of sp³-hybridized carbons (Fsp3) is 0.365.